The van der Waals surface area contributed by atoms with Gasteiger partial charge in [0.15, 0.2) is 0 Å². The Hall–Kier alpha value is -0.840. The van der Waals surface area contributed by atoms with E-state index in [1.165, 1.54) is 31.7 Å². The highest BCUT2D eigenvalue weighted by Gasteiger charge is 2.14. The van der Waals surface area contributed by atoms with Gasteiger partial charge in [0, 0.05) is 57.7 Å². The number of piperazine rings is 1. The molecule has 1 aromatic rings. The maximum Gasteiger partial charge on any atom is 0.0347 e. The molecule has 0 bridgehead atoms. The van der Waals surface area contributed by atoms with Crippen molar-refractivity contribution in [2.75, 3.05) is 39.8 Å². The maximum absolute atomic E-state index is 6.18. The Morgan fingerprint density at radius 3 is 2.47 bits per heavy atom. The van der Waals surface area contributed by atoms with Gasteiger partial charge in [-0.1, -0.05) is 13.8 Å². The van der Waals surface area contributed by atoms with Crippen LogP contribution in [0.15, 0.2) is 18.5 Å². The van der Waals surface area contributed by atoms with E-state index in [1.54, 1.807) is 0 Å². The van der Waals surface area contributed by atoms with E-state index >= 15 is 0 Å². The zero-order valence-electron chi connectivity index (χ0n) is 12.5. The minimum Gasteiger partial charge on any atom is -0.353 e. The summed E-state index contributed by atoms with van der Waals surface area (Å²) in [6.07, 6.45) is 4.37. The summed E-state index contributed by atoms with van der Waals surface area (Å²) in [5.74, 6) is 0.494. The molecule has 1 atom stereocenters. The lowest BCUT2D eigenvalue weighted by molar-refractivity contribution is 0.150. The molecular formula is C15H28N4. The molecule has 2 N–H and O–H groups in total. The smallest absolute Gasteiger partial charge is 0.0347 e. The fourth-order valence-electron chi connectivity index (χ4n) is 2.51. The molecule has 108 valence electrons. The summed E-state index contributed by atoms with van der Waals surface area (Å²) in [6.45, 7) is 11.3. The highest BCUT2D eigenvalue weighted by atomic mass is 15.2. The molecular weight excluding hydrogens is 236 g/mol. The van der Waals surface area contributed by atoms with E-state index in [1.807, 2.05) is 0 Å². The van der Waals surface area contributed by atoms with Gasteiger partial charge in [0.25, 0.3) is 0 Å². The second-order valence-corrected chi connectivity index (χ2v) is 6.10. The molecule has 2 rings (SSSR count). The van der Waals surface area contributed by atoms with Crippen LogP contribution in [0.5, 0.6) is 0 Å². The summed E-state index contributed by atoms with van der Waals surface area (Å²) in [5.41, 5.74) is 7.43. The van der Waals surface area contributed by atoms with Gasteiger partial charge in [-0.15, -0.1) is 0 Å². The van der Waals surface area contributed by atoms with Crippen molar-refractivity contribution in [3.05, 3.63) is 24.0 Å². The third kappa shape index (κ3) is 4.06. The monoisotopic (exact) mass is 264 g/mol. The minimum atomic E-state index is 0.157. The van der Waals surface area contributed by atoms with E-state index in [2.05, 4.69) is 53.7 Å². The van der Waals surface area contributed by atoms with Crippen LogP contribution in [0.3, 0.4) is 0 Å². The summed E-state index contributed by atoms with van der Waals surface area (Å²) in [4.78, 5) is 4.94. The van der Waals surface area contributed by atoms with Gasteiger partial charge < -0.3 is 15.2 Å². The molecule has 1 saturated heterocycles. The second-order valence-electron chi connectivity index (χ2n) is 6.10. The van der Waals surface area contributed by atoms with Crippen LogP contribution in [-0.2, 0) is 6.54 Å². The van der Waals surface area contributed by atoms with E-state index in [4.69, 9.17) is 5.73 Å². The van der Waals surface area contributed by atoms with Crippen molar-refractivity contribution in [2.45, 2.75) is 26.4 Å². The predicted molar refractivity (Wildman–Crippen MR) is 80.1 cm³/mol. The fourth-order valence-corrected chi connectivity index (χ4v) is 2.51. The van der Waals surface area contributed by atoms with Crippen molar-refractivity contribution in [2.24, 2.45) is 11.7 Å². The molecule has 0 aliphatic carbocycles. The lowest BCUT2D eigenvalue weighted by Gasteiger charge is -2.32. The third-order valence-corrected chi connectivity index (χ3v) is 4.15. The highest BCUT2D eigenvalue weighted by Crippen LogP contribution is 2.18. The zero-order chi connectivity index (χ0) is 13.8. The van der Waals surface area contributed by atoms with E-state index in [0.717, 1.165) is 13.1 Å². The quantitative estimate of drug-likeness (QED) is 0.873. The molecule has 0 radical (unpaired) electrons. The van der Waals surface area contributed by atoms with Crippen LogP contribution < -0.4 is 5.73 Å². The van der Waals surface area contributed by atoms with Gasteiger partial charge in [0.05, 0.1) is 0 Å². The van der Waals surface area contributed by atoms with Gasteiger partial charge in [-0.3, -0.25) is 4.90 Å². The number of likely N-dealkylation sites (N-methyl/N-ethyl adjacent to an activating group) is 1. The van der Waals surface area contributed by atoms with Crippen molar-refractivity contribution in [1.82, 2.24) is 14.4 Å². The second kappa shape index (κ2) is 6.55. The van der Waals surface area contributed by atoms with Crippen LogP contribution in [0.2, 0.25) is 0 Å². The molecule has 1 aliphatic heterocycles. The van der Waals surface area contributed by atoms with Crippen molar-refractivity contribution in [1.29, 1.82) is 0 Å². The lowest BCUT2D eigenvalue weighted by Crippen LogP contribution is -2.45. The summed E-state index contributed by atoms with van der Waals surface area (Å²) in [6, 6.07) is 2.32. The van der Waals surface area contributed by atoms with E-state index in [-0.39, 0.29) is 6.04 Å². The molecule has 1 fully saturated rings. The van der Waals surface area contributed by atoms with Crippen molar-refractivity contribution in [3.63, 3.8) is 0 Å². The average molecular weight is 264 g/mol. The third-order valence-electron chi connectivity index (χ3n) is 4.15. The van der Waals surface area contributed by atoms with E-state index in [9.17, 15) is 0 Å². The summed E-state index contributed by atoms with van der Waals surface area (Å²) in [7, 11) is 2.20. The highest BCUT2D eigenvalue weighted by molar-refractivity contribution is 5.15. The number of aromatic nitrogens is 1. The van der Waals surface area contributed by atoms with Crippen molar-refractivity contribution >= 4 is 0 Å². The molecule has 4 heteroatoms. The molecule has 0 aromatic carbocycles. The van der Waals surface area contributed by atoms with Crippen molar-refractivity contribution < 1.29 is 0 Å². The minimum absolute atomic E-state index is 0.157. The first-order chi connectivity index (χ1) is 9.06. The lowest BCUT2D eigenvalue weighted by atomic mass is 10.00. The van der Waals surface area contributed by atoms with Crippen LogP contribution in [-0.4, -0.2) is 54.1 Å². The Morgan fingerprint density at radius 1 is 1.16 bits per heavy atom. The van der Waals surface area contributed by atoms with Gasteiger partial charge in [0.1, 0.15) is 0 Å². The first-order valence-corrected chi connectivity index (χ1v) is 7.38. The average Bonchev–Trinajstić information content (AvgIpc) is 2.86. The number of rotatable bonds is 5. The summed E-state index contributed by atoms with van der Waals surface area (Å²) >= 11 is 0. The molecule has 0 spiro atoms. The zero-order valence-corrected chi connectivity index (χ0v) is 12.5. The Kier molecular flexibility index (Phi) is 5.02. The molecule has 4 nitrogen and oxygen atoms in total. The molecule has 0 saturated carbocycles. The van der Waals surface area contributed by atoms with Crippen LogP contribution in [0.4, 0.5) is 0 Å². The number of nitrogens with two attached hydrogens (primary N) is 1. The first-order valence-electron chi connectivity index (χ1n) is 7.38. The van der Waals surface area contributed by atoms with Crippen LogP contribution in [0.25, 0.3) is 0 Å². The Balaban J connectivity index is 1.80. The maximum atomic E-state index is 6.18. The van der Waals surface area contributed by atoms with Gasteiger partial charge in [-0.2, -0.15) is 0 Å². The molecule has 19 heavy (non-hydrogen) atoms. The van der Waals surface area contributed by atoms with Gasteiger partial charge in [0.2, 0.25) is 0 Å². The number of nitrogens with zero attached hydrogens (tertiary/aromatic N) is 3. The topological polar surface area (TPSA) is 37.4 Å². The molecule has 0 amide bonds. The number of hydrogen-bond acceptors (Lipinski definition) is 3. The molecule has 1 aliphatic rings. The van der Waals surface area contributed by atoms with Gasteiger partial charge in [-0.05, 0) is 24.6 Å². The van der Waals surface area contributed by atoms with E-state index < -0.39 is 0 Å². The Bertz CT molecular complexity index is 377. The summed E-state index contributed by atoms with van der Waals surface area (Å²) < 4.78 is 2.27. The van der Waals surface area contributed by atoms with Crippen molar-refractivity contribution in [3.8, 4) is 0 Å². The van der Waals surface area contributed by atoms with Crippen LogP contribution in [0.1, 0.15) is 25.5 Å². The number of hydrogen-bond donors (Lipinski definition) is 1. The molecule has 2 heterocycles. The van der Waals surface area contributed by atoms with Crippen LogP contribution >= 0.6 is 0 Å². The normalized spacial score (nSPS) is 20.1. The van der Waals surface area contributed by atoms with Crippen LogP contribution in [0, 0.1) is 5.92 Å². The molecule has 1 aromatic heterocycles. The van der Waals surface area contributed by atoms with E-state index in [0.29, 0.717) is 5.92 Å². The first kappa shape index (κ1) is 14.6. The van der Waals surface area contributed by atoms with Gasteiger partial charge >= 0.3 is 0 Å². The van der Waals surface area contributed by atoms with Gasteiger partial charge in [-0.25, -0.2) is 0 Å². The Labute approximate surface area is 117 Å². The Morgan fingerprint density at radius 2 is 1.84 bits per heavy atom. The largest absolute Gasteiger partial charge is 0.353 e. The predicted octanol–water partition coefficient (Wildman–Crippen LogP) is 1.39. The standard InChI is InChI=1S/C15H28N4/c1-13(2)15(16)14-4-5-19(12-14)11-10-18-8-6-17(3)7-9-18/h4-5,12-13,15H,6-11,16H2,1-3H3. The summed E-state index contributed by atoms with van der Waals surface area (Å²) in [5, 5.41) is 0. The molecule has 1 unspecified atom stereocenters. The fraction of sp³-hybridized carbons (Fsp3) is 0.733. The SMILES string of the molecule is CC(C)C(N)c1ccn(CCN2CCN(C)CC2)c1.